The molecule has 2 N–H and O–H groups in total. The number of hydrogen-bond acceptors (Lipinski definition) is 3. The van der Waals surface area contributed by atoms with E-state index in [0.29, 0.717) is 6.07 Å². The molecule has 0 bridgehead atoms. The first-order valence-electron chi connectivity index (χ1n) is 5.07. The third-order valence-corrected chi connectivity index (χ3v) is 2.21. The van der Waals surface area contributed by atoms with Crippen LogP contribution in [0.25, 0.3) is 0 Å². The van der Waals surface area contributed by atoms with Crippen LogP contribution in [0, 0.1) is 17.5 Å². The number of rotatable bonds is 3. The maximum atomic E-state index is 13.0. The standard InChI is InChI=1S/C12H7F3N2O2/c13-6-1-7(14)3-9(2-6)17-11-10(12(18)19)4-8(15)5-16-11/h1-5H,(H,16,17)(H,18,19). The fourth-order valence-corrected chi connectivity index (χ4v) is 1.46. The molecule has 1 heterocycles. The van der Waals surface area contributed by atoms with Crippen molar-refractivity contribution in [2.45, 2.75) is 0 Å². The molecule has 7 heteroatoms. The second kappa shape index (κ2) is 4.97. The normalized spacial score (nSPS) is 10.3. The van der Waals surface area contributed by atoms with Gasteiger partial charge in [-0.3, -0.25) is 0 Å². The summed E-state index contributed by atoms with van der Waals surface area (Å²) in [5.74, 6) is -4.11. The SMILES string of the molecule is O=C(O)c1cc(F)cnc1Nc1cc(F)cc(F)c1. The second-order valence-electron chi connectivity index (χ2n) is 3.64. The van der Waals surface area contributed by atoms with Gasteiger partial charge in [0.05, 0.1) is 6.20 Å². The zero-order valence-electron chi connectivity index (χ0n) is 9.32. The summed E-state index contributed by atoms with van der Waals surface area (Å²) in [7, 11) is 0. The number of benzene rings is 1. The van der Waals surface area contributed by atoms with Gasteiger partial charge in [0.25, 0.3) is 0 Å². The lowest BCUT2D eigenvalue weighted by Crippen LogP contribution is -2.06. The van der Waals surface area contributed by atoms with Crippen LogP contribution in [0.3, 0.4) is 0 Å². The Morgan fingerprint density at radius 2 is 1.68 bits per heavy atom. The molecule has 0 aliphatic heterocycles. The molecule has 0 aliphatic carbocycles. The monoisotopic (exact) mass is 268 g/mol. The lowest BCUT2D eigenvalue weighted by molar-refractivity contribution is 0.0697. The summed E-state index contributed by atoms with van der Waals surface area (Å²) >= 11 is 0. The molecule has 2 aromatic rings. The van der Waals surface area contributed by atoms with Gasteiger partial charge in [-0.2, -0.15) is 0 Å². The van der Waals surface area contributed by atoms with Crippen LogP contribution < -0.4 is 5.32 Å². The number of nitrogens with one attached hydrogen (secondary N) is 1. The van der Waals surface area contributed by atoms with Gasteiger partial charge in [0, 0.05) is 11.8 Å². The van der Waals surface area contributed by atoms with Gasteiger partial charge in [-0.15, -0.1) is 0 Å². The molecule has 4 nitrogen and oxygen atoms in total. The summed E-state index contributed by atoms with van der Waals surface area (Å²) < 4.78 is 38.9. The van der Waals surface area contributed by atoms with Crippen molar-refractivity contribution in [3.63, 3.8) is 0 Å². The molecule has 0 amide bonds. The average molecular weight is 268 g/mol. The summed E-state index contributed by atoms with van der Waals surface area (Å²) in [6.07, 6.45) is 0.796. The summed E-state index contributed by atoms with van der Waals surface area (Å²) in [6, 6.07) is 3.34. The van der Waals surface area contributed by atoms with Gasteiger partial charge in [-0.25, -0.2) is 22.9 Å². The molecule has 1 aromatic heterocycles. The minimum absolute atomic E-state index is 0.0286. The highest BCUT2D eigenvalue weighted by Gasteiger charge is 2.13. The van der Waals surface area contributed by atoms with Gasteiger partial charge in [0.1, 0.15) is 28.8 Å². The van der Waals surface area contributed by atoms with Crippen molar-refractivity contribution in [1.29, 1.82) is 0 Å². The van der Waals surface area contributed by atoms with Crippen LogP contribution in [0.4, 0.5) is 24.7 Å². The van der Waals surface area contributed by atoms with Crippen LogP contribution in [0.1, 0.15) is 10.4 Å². The lowest BCUT2D eigenvalue weighted by atomic mass is 10.2. The van der Waals surface area contributed by atoms with E-state index in [4.69, 9.17) is 5.11 Å². The van der Waals surface area contributed by atoms with Gasteiger partial charge >= 0.3 is 5.97 Å². The zero-order chi connectivity index (χ0) is 14.0. The molecule has 98 valence electrons. The van der Waals surface area contributed by atoms with E-state index in [9.17, 15) is 18.0 Å². The largest absolute Gasteiger partial charge is 0.478 e. The minimum atomic E-state index is -1.41. The van der Waals surface area contributed by atoms with Gasteiger partial charge in [0.15, 0.2) is 0 Å². The highest BCUT2D eigenvalue weighted by atomic mass is 19.1. The van der Waals surface area contributed by atoms with E-state index in [1.54, 1.807) is 0 Å². The first-order valence-corrected chi connectivity index (χ1v) is 5.07. The fraction of sp³-hybridized carbons (Fsp3) is 0. The molecule has 19 heavy (non-hydrogen) atoms. The topological polar surface area (TPSA) is 62.2 Å². The molecule has 0 radical (unpaired) electrons. The second-order valence-corrected chi connectivity index (χ2v) is 3.64. The van der Waals surface area contributed by atoms with Crippen molar-refractivity contribution in [3.05, 3.63) is 53.5 Å². The summed E-state index contributed by atoms with van der Waals surface area (Å²) in [5, 5.41) is 11.3. The van der Waals surface area contributed by atoms with E-state index in [2.05, 4.69) is 10.3 Å². The number of anilines is 2. The summed E-state index contributed by atoms with van der Waals surface area (Å²) in [5.41, 5.74) is -0.469. The van der Waals surface area contributed by atoms with Gasteiger partial charge < -0.3 is 10.4 Å². The number of nitrogens with zero attached hydrogens (tertiary/aromatic N) is 1. The Labute approximate surface area is 105 Å². The van der Waals surface area contributed by atoms with Crippen LogP contribution in [0.2, 0.25) is 0 Å². The Balaban J connectivity index is 2.40. The smallest absolute Gasteiger partial charge is 0.339 e. The van der Waals surface area contributed by atoms with Crippen LogP contribution in [-0.2, 0) is 0 Å². The number of carbonyl (C=O) groups is 1. The maximum Gasteiger partial charge on any atom is 0.339 e. The van der Waals surface area contributed by atoms with E-state index in [-0.39, 0.29) is 11.5 Å². The minimum Gasteiger partial charge on any atom is -0.478 e. The van der Waals surface area contributed by atoms with Crippen molar-refractivity contribution >= 4 is 17.5 Å². The quantitative estimate of drug-likeness (QED) is 0.898. The van der Waals surface area contributed by atoms with Crippen molar-refractivity contribution < 1.29 is 23.1 Å². The van der Waals surface area contributed by atoms with Gasteiger partial charge in [0.2, 0.25) is 0 Å². The number of aromatic carboxylic acids is 1. The summed E-state index contributed by atoms with van der Waals surface area (Å²) in [4.78, 5) is 14.4. The summed E-state index contributed by atoms with van der Waals surface area (Å²) in [6.45, 7) is 0. The van der Waals surface area contributed by atoms with E-state index >= 15 is 0 Å². The van der Waals surface area contributed by atoms with E-state index < -0.39 is 29.0 Å². The molecule has 0 spiro atoms. The molecule has 1 aromatic carbocycles. The predicted molar refractivity (Wildman–Crippen MR) is 60.8 cm³/mol. The van der Waals surface area contributed by atoms with Crippen LogP contribution in [-0.4, -0.2) is 16.1 Å². The van der Waals surface area contributed by atoms with E-state index in [1.807, 2.05) is 0 Å². The highest BCUT2D eigenvalue weighted by Crippen LogP contribution is 2.21. The predicted octanol–water partition coefficient (Wildman–Crippen LogP) is 2.94. The van der Waals surface area contributed by atoms with E-state index in [0.717, 1.165) is 24.4 Å². The molecule has 0 atom stereocenters. The zero-order valence-corrected chi connectivity index (χ0v) is 9.32. The molecular weight excluding hydrogens is 261 g/mol. The van der Waals surface area contributed by atoms with Crippen molar-refractivity contribution in [2.75, 3.05) is 5.32 Å². The molecule has 0 aliphatic rings. The Morgan fingerprint density at radius 1 is 1.05 bits per heavy atom. The molecular formula is C12H7F3N2O2. The van der Waals surface area contributed by atoms with Crippen molar-refractivity contribution in [1.82, 2.24) is 4.98 Å². The van der Waals surface area contributed by atoms with Gasteiger partial charge in [-0.1, -0.05) is 0 Å². The maximum absolute atomic E-state index is 13.0. The Hall–Kier alpha value is -2.57. The van der Waals surface area contributed by atoms with Crippen LogP contribution in [0.15, 0.2) is 30.5 Å². The van der Waals surface area contributed by atoms with Crippen molar-refractivity contribution in [2.24, 2.45) is 0 Å². The molecule has 0 saturated heterocycles. The number of hydrogen-bond donors (Lipinski definition) is 2. The molecule has 0 saturated carbocycles. The molecule has 2 rings (SSSR count). The molecule has 0 fully saturated rings. The first kappa shape index (κ1) is 12.9. The van der Waals surface area contributed by atoms with Gasteiger partial charge in [-0.05, 0) is 18.2 Å². The van der Waals surface area contributed by atoms with Crippen LogP contribution in [0.5, 0.6) is 0 Å². The number of carboxylic acid groups (broad SMARTS) is 1. The average Bonchev–Trinajstić information content (AvgIpc) is 2.30. The van der Waals surface area contributed by atoms with Crippen LogP contribution >= 0.6 is 0 Å². The Kier molecular flexibility index (Phi) is 3.37. The van der Waals surface area contributed by atoms with E-state index in [1.165, 1.54) is 0 Å². The Morgan fingerprint density at radius 3 is 2.26 bits per heavy atom. The third-order valence-electron chi connectivity index (χ3n) is 2.21. The highest BCUT2D eigenvalue weighted by molar-refractivity contribution is 5.93. The molecule has 0 unspecified atom stereocenters. The Bertz CT molecular complexity index is 627. The van der Waals surface area contributed by atoms with Crippen molar-refractivity contribution in [3.8, 4) is 0 Å². The fourth-order valence-electron chi connectivity index (χ4n) is 1.46. The third kappa shape index (κ3) is 3.01. The number of pyridine rings is 1. The lowest BCUT2D eigenvalue weighted by Gasteiger charge is -2.08. The first-order chi connectivity index (χ1) is 8.95. The number of carboxylic acids is 1. The number of halogens is 3. The number of aromatic nitrogens is 1.